The van der Waals surface area contributed by atoms with Gasteiger partial charge in [-0.15, -0.1) is 11.3 Å². The molecule has 1 amide bonds. The first-order valence-electron chi connectivity index (χ1n) is 9.34. The third-order valence-electron chi connectivity index (χ3n) is 4.06. The van der Waals surface area contributed by atoms with Crippen LogP contribution in [0.25, 0.3) is 11.1 Å². The largest absolute Gasteiger partial charge is 0.462 e. The lowest BCUT2D eigenvalue weighted by atomic mass is 10.0. The standard InChI is InChI=1S/C22H20N2O5S/c1-3-28-21(26)17-16(14-9-6-5-7-10-14)18(22(27)29-4-2)30-20(17)24-19(25)15-11-8-12-23-13-15/h5-13H,3-4H2,1-2H3,(H,24,25). The molecule has 0 fully saturated rings. The van der Waals surface area contributed by atoms with Crippen molar-refractivity contribution in [3.8, 4) is 11.1 Å². The van der Waals surface area contributed by atoms with Crippen LogP contribution in [0.4, 0.5) is 5.00 Å². The number of carbonyl (C=O) groups is 3. The molecule has 8 heteroatoms. The molecule has 3 aromatic rings. The Balaban J connectivity index is 2.16. The van der Waals surface area contributed by atoms with Gasteiger partial charge >= 0.3 is 11.9 Å². The molecule has 7 nitrogen and oxygen atoms in total. The highest BCUT2D eigenvalue weighted by Crippen LogP contribution is 2.41. The molecule has 2 heterocycles. The molecule has 30 heavy (non-hydrogen) atoms. The zero-order valence-corrected chi connectivity index (χ0v) is 17.3. The first-order chi connectivity index (χ1) is 14.6. The second kappa shape index (κ2) is 9.80. The third kappa shape index (κ3) is 4.55. The highest BCUT2D eigenvalue weighted by Gasteiger charge is 2.30. The van der Waals surface area contributed by atoms with Gasteiger partial charge in [0, 0.05) is 18.0 Å². The second-order valence-electron chi connectivity index (χ2n) is 6.01. The van der Waals surface area contributed by atoms with Gasteiger partial charge in [-0.2, -0.15) is 0 Å². The van der Waals surface area contributed by atoms with E-state index in [2.05, 4.69) is 10.3 Å². The second-order valence-corrected chi connectivity index (χ2v) is 7.03. The fraction of sp³-hybridized carbons (Fsp3) is 0.182. The SMILES string of the molecule is CCOC(=O)c1sc(NC(=O)c2cccnc2)c(C(=O)OCC)c1-c1ccccc1. The number of nitrogens with zero attached hydrogens (tertiary/aromatic N) is 1. The van der Waals surface area contributed by atoms with Crippen molar-refractivity contribution < 1.29 is 23.9 Å². The molecule has 0 aliphatic carbocycles. The Morgan fingerprint density at radius 3 is 2.30 bits per heavy atom. The Morgan fingerprint density at radius 2 is 1.67 bits per heavy atom. The average molecular weight is 424 g/mol. The smallest absolute Gasteiger partial charge is 0.349 e. The van der Waals surface area contributed by atoms with E-state index in [1.807, 2.05) is 6.07 Å². The zero-order chi connectivity index (χ0) is 21.5. The van der Waals surface area contributed by atoms with E-state index in [1.54, 1.807) is 56.4 Å². The molecular weight excluding hydrogens is 404 g/mol. The van der Waals surface area contributed by atoms with Crippen molar-refractivity contribution in [1.82, 2.24) is 4.98 Å². The summed E-state index contributed by atoms with van der Waals surface area (Å²) < 4.78 is 10.4. The van der Waals surface area contributed by atoms with Gasteiger partial charge in [0.15, 0.2) is 0 Å². The molecule has 3 rings (SSSR count). The third-order valence-corrected chi connectivity index (χ3v) is 5.15. The maximum absolute atomic E-state index is 12.8. The number of benzene rings is 1. The molecule has 0 saturated carbocycles. The first-order valence-corrected chi connectivity index (χ1v) is 10.2. The summed E-state index contributed by atoms with van der Waals surface area (Å²) in [7, 11) is 0. The van der Waals surface area contributed by atoms with Crippen LogP contribution in [0.5, 0.6) is 0 Å². The summed E-state index contributed by atoms with van der Waals surface area (Å²) in [5.41, 5.74) is 1.45. The molecular formula is C22H20N2O5S. The Bertz CT molecular complexity index is 1050. The van der Waals surface area contributed by atoms with E-state index >= 15 is 0 Å². The summed E-state index contributed by atoms with van der Waals surface area (Å²) in [5, 5.41) is 2.94. The van der Waals surface area contributed by atoms with Crippen molar-refractivity contribution in [3.63, 3.8) is 0 Å². The van der Waals surface area contributed by atoms with Crippen LogP contribution < -0.4 is 5.32 Å². The quantitative estimate of drug-likeness (QED) is 0.565. The van der Waals surface area contributed by atoms with Crippen molar-refractivity contribution in [2.45, 2.75) is 13.8 Å². The van der Waals surface area contributed by atoms with Crippen molar-refractivity contribution in [2.24, 2.45) is 0 Å². The van der Waals surface area contributed by atoms with Gasteiger partial charge in [-0.3, -0.25) is 9.78 Å². The summed E-state index contributed by atoms with van der Waals surface area (Å²) in [6, 6.07) is 12.2. The highest BCUT2D eigenvalue weighted by molar-refractivity contribution is 7.19. The van der Waals surface area contributed by atoms with E-state index in [9.17, 15) is 14.4 Å². The van der Waals surface area contributed by atoms with Crippen molar-refractivity contribution >= 4 is 34.2 Å². The number of ether oxygens (including phenoxy) is 2. The van der Waals surface area contributed by atoms with E-state index in [1.165, 1.54) is 6.20 Å². The summed E-state index contributed by atoms with van der Waals surface area (Å²) in [6.45, 7) is 3.71. The lowest BCUT2D eigenvalue weighted by Gasteiger charge is -2.09. The number of nitrogens with one attached hydrogen (secondary N) is 1. The minimum absolute atomic E-state index is 0.119. The van der Waals surface area contributed by atoms with Crippen LogP contribution >= 0.6 is 11.3 Å². The van der Waals surface area contributed by atoms with Crippen LogP contribution in [0, 0.1) is 0 Å². The number of thiophene rings is 1. The van der Waals surface area contributed by atoms with Crippen LogP contribution in [-0.4, -0.2) is 36.0 Å². The molecule has 0 spiro atoms. The van der Waals surface area contributed by atoms with Crippen LogP contribution in [0.2, 0.25) is 0 Å². The molecule has 0 aliphatic rings. The van der Waals surface area contributed by atoms with Gasteiger partial charge in [-0.25, -0.2) is 9.59 Å². The number of amides is 1. The topological polar surface area (TPSA) is 94.6 Å². The minimum Gasteiger partial charge on any atom is -0.462 e. The lowest BCUT2D eigenvalue weighted by molar-refractivity contribution is 0.0528. The monoisotopic (exact) mass is 424 g/mol. The Hall–Kier alpha value is -3.52. The lowest BCUT2D eigenvalue weighted by Crippen LogP contribution is -2.15. The van der Waals surface area contributed by atoms with E-state index < -0.39 is 17.8 Å². The number of anilines is 1. The van der Waals surface area contributed by atoms with Crippen molar-refractivity contribution in [1.29, 1.82) is 0 Å². The predicted molar refractivity (Wildman–Crippen MR) is 114 cm³/mol. The molecule has 0 saturated heterocycles. The Labute approximate surface area is 177 Å². The van der Waals surface area contributed by atoms with Gasteiger partial charge in [0.25, 0.3) is 5.91 Å². The molecule has 1 aromatic carbocycles. The number of esters is 2. The van der Waals surface area contributed by atoms with E-state index in [0.29, 0.717) is 16.7 Å². The van der Waals surface area contributed by atoms with E-state index in [4.69, 9.17) is 9.47 Å². The Kier molecular flexibility index (Phi) is 6.92. The minimum atomic E-state index is -0.635. The van der Waals surface area contributed by atoms with Crippen LogP contribution in [-0.2, 0) is 9.47 Å². The fourth-order valence-corrected chi connectivity index (χ4v) is 3.91. The summed E-state index contributed by atoms with van der Waals surface area (Å²) >= 11 is 0.978. The molecule has 0 bridgehead atoms. The predicted octanol–water partition coefficient (Wildman–Crippen LogP) is 4.42. The Morgan fingerprint density at radius 1 is 0.967 bits per heavy atom. The number of rotatable bonds is 7. The molecule has 0 aliphatic heterocycles. The molecule has 0 atom stereocenters. The van der Waals surface area contributed by atoms with Gasteiger partial charge in [0.1, 0.15) is 15.4 Å². The molecule has 154 valence electrons. The highest BCUT2D eigenvalue weighted by atomic mass is 32.1. The van der Waals surface area contributed by atoms with E-state index in [0.717, 1.165) is 11.3 Å². The number of pyridine rings is 1. The molecule has 0 radical (unpaired) electrons. The number of hydrogen-bond donors (Lipinski definition) is 1. The number of aromatic nitrogens is 1. The maximum atomic E-state index is 12.8. The fourth-order valence-electron chi connectivity index (χ4n) is 2.81. The molecule has 1 N–H and O–H groups in total. The van der Waals surface area contributed by atoms with Gasteiger partial charge in [-0.05, 0) is 31.5 Å². The number of carbonyl (C=O) groups excluding carboxylic acids is 3. The van der Waals surface area contributed by atoms with Gasteiger partial charge in [-0.1, -0.05) is 30.3 Å². The summed E-state index contributed by atoms with van der Waals surface area (Å²) in [5.74, 6) is -1.66. The van der Waals surface area contributed by atoms with E-state index in [-0.39, 0.29) is 28.7 Å². The average Bonchev–Trinajstić information content (AvgIpc) is 3.14. The van der Waals surface area contributed by atoms with Gasteiger partial charge in [0.2, 0.25) is 0 Å². The van der Waals surface area contributed by atoms with Crippen LogP contribution in [0.3, 0.4) is 0 Å². The van der Waals surface area contributed by atoms with Crippen molar-refractivity contribution in [2.75, 3.05) is 18.5 Å². The molecule has 0 unspecified atom stereocenters. The maximum Gasteiger partial charge on any atom is 0.349 e. The zero-order valence-electron chi connectivity index (χ0n) is 16.5. The van der Waals surface area contributed by atoms with Gasteiger partial charge < -0.3 is 14.8 Å². The summed E-state index contributed by atoms with van der Waals surface area (Å²) in [6.07, 6.45) is 2.97. The van der Waals surface area contributed by atoms with Crippen molar-refractivity contribution in [3.05, 3.63) is 70.9 Å². The van der Waals surface area contributed by atoms with Crippen LogP contribution in [0.1, 0.15) is 44.2 Å². The normalized spacial score (nSPS) is 10.3. The number of hydrogen-bond acceptors (Lipinski definition) is 7. The molecule has 2 aromatic heterocycles. The first kappa shape index (κ1) is 21.2. The summed E-state index contributed by atoms with van der Waals surface area (Å²) in [4.78, 5) is 42.3. The van der Waals surface area contributed by atoms with Crippen LogP contribution in [0.15, 0.2) is 54.9 Å². The van der Waals surface area contributed by atoms with Gasteiger partial charge in [0.05, 0.1) is 18.8 Å².